The van der Waals surface area contributed by atoms with Crippen LogP contribution in [0.25, 0.3) is 22.0 Å². The topological polar surface area (TPSA) is 144 Å². The molecule has 1 aliphatic carbocycles. The molecular weight excluding hydrogens is 484 g/mol. The van der Waals surface area contributed by atoms with Gasteiger partial charge in [0.05, 0.1) is 10.2 Å². The van der Waals surface area contributed by atoms with Gasteiger partial charge in [0, 0.05) is 46.9 Å². The fourth-order valence-electron chi connectivity index (χ4n) is 4.35. The molecule has 0 bridgehead atoms. The molecule has 0 atom stereocenters. The Morgan fingerprint density at radius 1 is 1.17 bits per heavy atom. The van der Waals surface area contributed by atoms with E-state index in [1.807, 2.05) is 19.1 Å². The van der Waals surface area contributed by atoms with E-state index in [-0.39, 0.29) is 23.5 Å². The molecule has 0 unspecified atom stereocenters. The molecule has 0 radical (unpaired) electrons. The fourth-order valence-corrected chi connectivity index (χ4v) is 5.63. The number of hydrogen-bond acceptors (Lipinski definition) is 6. The number of rotatable bonds is 7. The largest absolute Gasteiger partial charge is 0.331 e. The lowest BCUT2D eigenvalue weighted by molar-refractivity contribution is -0.384. The second kappa shape index (κ2) is 8.76. The van der Waals surface area contributed by atoms with Gasteiger partial charge >= 0.3 is 0 Å². The van der Waals surface area contributed by atoms with E-state index in [0.29, 0.717) is 34.9 Å². The molecule has 184 valence electrons. The molecule has 2 heterocycles. The zero-order chi connectivity index (χ0) is 25.6. The summed E-state index contributed by atoms with van der Waals surface area (Å²) in [5, 5.41) is 11.3. The Bertz CT molecular complexity index is 1700. The maximum Gasteiger partial charge on any atom is 0.282 e. The molecule has 11 heteroatoms. The summed E-state index contributed by atoms with van der Waals surface area (Å²) in [6.45, 7) is 1.91. The number of benzene rings is 2. The summed E-state index contributed by atoms with van der Waals surface area (Å²) >= 11 is 0. The first-order chi connectivity index (χ1) is 17.2. The first-order valence-corrected chi connectivity index (χ1v) is 12.8. The van der Waals surface area contributed by atoms with E-state index >= 15 is 0 Å². The number of non-ortho nitro benzene ring substituents is 1. The number of hydrogen-bond donors (Lipinski definition) is 2. The minimum Gasteiger partial charge on any atom is -0.331 e. The van der Waals surface area contributed by atoms with Crippen molar-refractivity contribution in [2.75, 3.05) is 0 Å². The number of carbonyl (C=O) groups is 1. The number of carbonyl (C=O) groups excluding carboxylic acids is 1. The quantitative estimate of drug-likeness (QED) is 0.290. The van der Waals surface area contributed by atoms with E-state index in [4.69, 9.17) is 0 Å². The predicted molar refractivity (Wildman–Crippen MR) is 134 cm³/mol. The summed E-state index contributed by atoms with van der Waals surface area (Å²) in [6, 6.07) is 14.6. The molecule has 4 aromatic rings. The van der Waals surface area contributed by atoms with Gasteiger partial charge in [0.25, 0.3) is 17.2 Å². The van der Waals surface area contributed by atoms with Gasteiger partial charge in [0.1, 0.15) is 5.69 Å². The molecule has 5 rings (SSSR count). The first-order valence-electron chi connectivity index (χ1n) is 11.3. The number of aromatic amines is 1. The number of nitro groups is 1. The van der Waals surface area contributed by atoms with Gasteiger partial charge < -0.3 is 9.55 Å². The van der Waals surface area contributed by atoms with Crippen molar-refractivity contribution in [1.29, 1.82) is 0 Å². The highest BCUT2D eigenvalue weighted by atomic mass is 32.2. The molecule has 0 saturated heterocycles. The van der Waals surface area contributed by atoms with E-state index in [2.05, 4.69) is 9.71 Å². The van der Waals surface area contributed by atoms with Gasteiger partial charge in [-0.3, -0.25) is 19.7 Å². The molecule has 1 fully saturated rings. The van der Waals surface area contributed by atoms with E-state index < -0.39 is 31.7 Å². The van der Waals surface area contributed by atoms with Crippen LogP contribution in [-0.4, -0.2) is 34.0 Å². The van der Waals surface area contributed by atoms with Crippen LogP contribution < -0.4 is 10.3 Å². The smallest absolute Gasteiger partial charge is 0.282 e. The average Bonchev–Trinajstić information content (AvgIpc) is 3.64. The second-order valence-electron chi connectivity index (χ2n) is 8.85. The molecule has 36 heavy (non-hydrogen) atoms. The van der Waals surface area contributed by atoms with Gasteiger partial charge in [0.2, 0.25) is 10.0 Å². The van der Waals surface area contributed by atoms with E-state index in [1.54, 1.807) is 34.9 Å². The normalized spacial score (nSPS) is 13.6. The lowest BCUT2D eigenvalue weighted by Gasteiger charge is -2.13. The molecule has 1 aliphatic rings. The van der Waals surface area contributed by atoms with Crippen molar-refractivity contribution in [2.24, 2.45) is 0 Å². The van der Waals surface area contributed by atoms with E-state index in [1.165, 1.54) is 18.3 Å². The SMILES string of the molecule is Cc1ccc2c(c1)c(-c1ccc[nH]c1=O)c(C(=O)NS(=O)(=O)C1CC1)n2Cc1cccc([N+](=O)[O-])c1. The molecule has 2 N–H and O–H groups in total. The first kappa shape index (κ1) is 23.5. The Labute approximate surface area is 205 Å². The summed E-state index contributed by atoms with van der Waals surface area (Å²) in [5.74, 6) is -0.862. The molecule has 2 aromatic heterocycles. The number of sulfonamides is 1. The van der Waals surface area contributed by atoms with E-state index in [9.17, 15) is 28.1 Å². The zero-order valence-electron chi connectivity index (χ0n) is 19.2. The lowest BCUT2D eigenvalue weighted by Crippen LogP contribution is -2.35. The van der Waals surface area contributed by atoms with Crippen LogP contribution in [0.4, 0.5) is 5.69 Å². The maximum atomic E-state index is 13.6. The Balaban J connectivity index is 1.78. The number of amides is 1. The zero-order valence-corrected chi connectivity index (χ0v) is 20.0. The number of pyridine rings is 1. The van der Waals surface area contributed by atoms with Gasteiger partial charge in [-0.05, 0) is 49.6 Å². The molecule has 0 spiro atoms. The van der Waals surface area contributed by atoms with Crippen molar-refractivity contribution in [3.63, 3.8) is 0 Å². The van der Waals surface area contributed by atoms with Crippen LogP contribution in [-0.2, 0) is 16.6 Å². The molecule has 1 amide bonds. The monoisotopic (exact) mass is 506 g/mol. The Kier molecular flexibility index (Phi) is 5.71. The molecule has 10 nitrogen and oxygen atoms in total. The highest BCUT2D eigenvalue weighted by Gasteiger charge is 2.38. The minimum absolute atomic E-state index is 0.0111. The molecular formula is C25H22N4O6S. The second-order valence-corrected chi connectivity index (χ2v) is 10.8. The van der Waals surface area contributed by atoms with Gasteiger partial charge in [-0.25, -0.2) is 13.1 Å². The number of H-pyrrole nitrogens is 1. The number of nitrogens with one attached hydrogen (secondary N) is 2. The number of aromatic nitrogens is 2. The minimum atomic E-state index is -3.88. The number of fused-ring (bicyclic) bond motifs is 1. The Morgan fingerprint density at radius 3 is 2.64 bits per heavy atom. The van der Waals surface area contributed by atoms with Crippen LogP contribution in [0, 0.1) is 17.0 Å². The number of aryl methyl sites for hydroxylation is 1. The van der Waals surface area contributed by atoms with Crippen molar-refractivity contribution in [3.8, 4) is 11.1 Å². The van der Waals surface area contributed by atoms with Crippen molar-refractivity contribution < 1.29 is 18.1 Å². The van der Waals surface area contributed by atoms with Crippen LogP contribution in [0.1, 0.15) is 34.5 Å². The molecule has 2 aromatic carbocycles. The van der Waals surface area contributed by atoms with Crippen molar-refractivity contribution >= 4 is 32.5 Å². The maximum absolute atomic E-state index is 13.6. The lowest BCUT2D eigenvalue weighted by atomic mass is 10.0. The van der Waals surface area contributed by atoms with Gasteiger partial charge in [-0.2, -0.15) is 0 Å². The average molecular weight is 507 g/mol. The van der Waals surface area contributed by atoms with Crippen molar-refractivity contribution in [2.45, 2.75) is 31.6 Å². The van der Waals surface area contributed by atoms with Gasteiger partial charge in [0.15, 0.2) is 0 Å². The van der Waals surface area contributed by atoms with Crippen molar-refractivity contribution in [3.05, 3.63) is 98.1 Å². The van der Waals surface area contributed by atoms with Crippen molar-refractivity contribution in [1.82, 2.24) is 14.3 Å². The van der Waals surface area contributed by atoms with Gasteiger partial charge in [-0.1, -0.05) is 23.8 Å². The highest BCUT2D eigenvalue weighted by molar-refractivity contribution is 7.91. The van der Waals surface area contributed by atoms with Crippen LogP contribution in [0.5, 0.6) is 0 Å². The van der Waals surface area contributed by atoms with Gasteiger partial charge in [-0.15, -0.1) is 0 Å². The van der Waals surface area contributed by atoms with E-state index in [0.717, 1.165) is 5.56 Å². The Morgan fingerprint density at radius 2 is 1.94 bits per heavy atom. The third-order valence-corrected chi connectivity index (χ3v) is 8.00. The van der Waals surface area contributed by atoms with Crippen LogP contribution >= 0.6 is 0 Å². The summed E-state index contributed by atoms with van der Waals surface area (Å²) in [7, 11) is -3.88. The third kappa shape index (κ3) is 4.29. The summed E-state index contributed by atoms with van der Waals surface area (Å²) in [5.41, 5.74) is 1.94. The summed E-state index contributed by atoms with van der Waals surface area (Å²) < 4.78 is 29.1. The molecule has 1 saturated carbocycles. The fraction of sp³-hybridized carbons (Fsp3) is 0.200. The van der Waals surface area contributed by atoms with Crippen LogP contribution in [0.3, 0.4) is 0 Å². The highest BCUT2D eigenvalue weighted by Crippen LogP contribution is 2.36. The van der Waals surface area contributed by atoms with Crippen LogP contribution in [0.15, 0.2) is 65.6 Å². The summed E-state index contributed by atoms with van der Waals surface area (Å²) in [6.07, 6.45) is 2.42. The Hall–Kier alpha value is -4.25. The number of nitrogens with zero attached hydrogens (tertiary/aromatic N) is 2. The summed E-state index contributed by atoms with van der Waals surface area (Å²) in [4.78, 5) is 39.8. The molecule has 0 aliphatic heterocycles. The predicted octanol–water partition coefficient (Wildman–Crippen LogP) is 3.48. The third-order valence-electron chi connectivity index (χ3n) is 6.18. The van der Waals surface area contributed by atoms with Crippen LogP contribution in [0.2, 0.25) is 0 Å². The standard InChI is InChI=1S/C25H22N4O6S/c1-15-7-10-21-20(12-15)22(19-6-3-11-26-24(19)30)23(25(31)27-36(34,35)18-8-9-18)28(21)14-16-4-2-5-17(13-16)29(32)33/h2-7,10-13,18H,8-9,14H2,1H3,(H,26,30)(H,27,31). The number of nitro benzene ring substituents is 1.